The van der Waals surface area contributed by atoms with Gasteiger partial charge in [-0.25, -0.2) is 0 Å². The summed E-state index contributed by atoms with van der Waals surface area (Å²) in [6, 6.07) is 10.2. The molecule has 0 radical (unpaired) electrons. The molecule has 18 heavy (non-hydrogen) atoms. The molecule has 1 fully saturated rings. The number of carbonyl (C=O) groups excluding carboxylic acids is 1. The quantitative estimate of drug-likeness (QED) is 0.842. The van der Waals surface area contributed by atoms with Gasteiger partial charge in [0.2, 0.25) is 0 Å². The molecule has 0 atom stereocenters. The predicted octanol–water partition coefficient (Wildman–Crippen LogP) is 2.17. The predicted molar refractivity (Wildman–Crippen MR) is 72.0 cm³/mol. The van der Waals surface area contributed by atoms with Crippen molar-refractivity contribution in [2.24, 2.45) is 5.92 Å². The van der Waals surface area contributed by atoms with E-state index in [0.29, 0.717) is 0 Å². The standard InChI is InChI=1S/C15H14N2O/c18-15-12-5-4-10(6-9-7-16-8-9)11-2-1-3-13(17-15)14(11)12/h1-5,9,16H,6-8H2,(H,17,18). The van der Waals surface area contributed by atoms with Gasteiger partial charge in [-0.15, -0.1) is 0 Å². The summed E-state index contributed by atoms with van der Waals surface area (Å²) in [6.45, 7) is 2.22. The third-order valence-electron chi connectivity index (χ3n) is 4.00. The highest BCUT2D eigenvalue weighted by Gasteiger charge is 2.24. The van der Waals surface area contributed by atoms with Crippen LogP contribution in [0.15, 0.2) is 30.3 Å². The van der Waals surface area contributed by atoms with E-state index in [4.69, 9.17) is 0 Å². The molecular formula is C15H14N2O. The molecule has 0 aliphatic carbocycles. The van der Waals surface area contributed by atoms with Crippen LogP contribution in [0.3, 0.4) is 0 Å². The fourth-order valence-corrected chi connectivity index (χ4v) is 2.93. The smallest absolute Gasteiger partial charge is 0.256 e. The van der Waals surface area contributed by atoms with Gasteiger partial charge in [-0.1, -0.05) is 18.2 Å². The van der Waals surface area contributed by atoms with Crippen LogP contribution in [0.5, 0.6) is 0 Å². The lowest BCUT2D eigenvalue weighted by molar-refractivity contribution is 0.103. The highest BCUT2D eigenvalue weighted by Crippen LogP contribution is 2.35. The van der Waals surface area contributed by atoms with Crippen LogP contribution in [-0.4, -0.2) is 19.0 Å². The minimum atomic E-state index is 0.0260. The van der Waals surface area contributed by atoms with Crippen molar-refractivity contribution < 1.29 is 4.79 Å². The van der Waals surface area contributed by atoms with E-state index in [0.717, 1.165) is 42.1 Å². The zero-order valence-corrected chi connectivity index (χ0v) is 9.99. The van der Waals surface area contributed by atoms with Crippen LogP contribution in [0, 0.1) is 5.92 Å². The Bertz CT molecular complexity index is 659. The van der Waals surface area contributed by atoms with E-state index in [1.807, 2.05) is 18.2 Å². The molecular weight excluding hydrogens is 224 g/mol. The maximum atomic E-state index is 11.8. The molecule has 0 saturated carbocycles. The Hall–Kier alpha value is -1.87. The molecule has 2 N–H and O–H groups in total. The zero-order valence-electron chi connectivity index (χ0n) is 9.99. The molecule has 1 amide bonds. The molecule has 2 aliphatic rings. The van der Waals surface area contributed by atoms with E-state index in [2.05, 4.69) is 22.8 Å². The van der Waals surface area contributed by atoms with E-state index < -0.39 is 0 Å². The summed E-state index contributed by atoms with van der Waals surface area (Å²) >= 11 is 0. The second-order valence-corrected chi connectivity index (χ2v) is 5.18. The Morgan fingerprint density at radius 3 is 2.83 bits per heavy atom. The number of hydrogen-bond acceptors (Lipinski definition) is 2. The maximum Gasteiger partial charge on any atom is 0.256 e. The van der Waals surface area contributed by atoms with Gasteiger partial charge < -0.3 is 10.6 Å². The molecule has 2 heterocycles. The average Bonchev–Trinajstić information content (AvgIpc) is 2.65. The largest absolute Gasteiger partial charge is 0.321 e. The topological polar surface area (TPSA) is 41.1 Å². The lowest BCUT2D eigenvalue weighted by Gasteiger charge is -2.27. The van der Waals surface area contributed by atoms with Gasteiger partial charge in [0.05, 0.1) is 0 Å². The van der Waals surface area contributed by atoms with Gasteiger partial charge in [-0.2, -0.15) is 0 Å². The summed E-state index contributed by atoms with van der Waals surface area (Å²) in [7, 11) is 0. The second-order valence-electron chi connectivity index (χ2n) is 5.18. The van der Waals surface area contributed by atoms with Crippen LogP contribution in [0.25, 0.3) is 10.8 Å². The fourth-order valence-electron chi connectivity index (χ4n) is 2.93. The summed E-state index contributed by atoms with van der Waals surface area (Å²) in [4.78, 5) is 11.8. The first-order valence-electron chi connectivity index (χ1n) is 6.39. The van der Waals surface area contributed by atoms with Gasteiger partial charge in [0, 0.05) is 16.6 Å². The molecule has 0 spiro atoms. The second kappa shape index (κ2) is 3.56. The van der Waals surface area contributed by atoms with Gasteiger partial charge in [0.25, 0.3) is 5.91 Å². The maximum absolute atomic E-state index is 11.8. The SMILES string of the molecule is O=C1Nc2cccc3c(CC4CNC4)ccc1c23. The Labute approximate surface area is 105 Å². The Balaban J connectivity index is 1.90. The van der Waals surface area contributed by atoms with Crippen molar-refractivity contribution in [3.63, 3.8) is 0 Å². The Morgan fingerprint density at radius 2 is 2.06 bits per heavy atom. The highest BCUT2D eigenvalue weighted by molar-refractivity contribution is 6.24. The number of anilines is 1. The van der Waals surface area contributed by atoms with Gasteiger partial charge in [-0.3, -0.25) is 4.79 Å². The molecule has 0 bridgehead atoms. The van der Waals surface area contributed by atoms with E-state index in [1.165, 1.54) is 10.9 Å². The van der Waals surface area contributed by atoms with Crippen LogP contribution in [0.2, 0.25) is 0 Å². The van der Waals surface area contributed by atoms with E-state index >= 15 is 0 Å². The molecule has 2 aromatic carbocycles. The van der Waals surface area contributed by atoms with E-state index in [-0.39, 0.29) is 5.91 Å². The fraction of sp³-hybridized carbons (Fsp3) is 0.267. The number of benzene rings is 2. The first kappa shape index (κ1) is 10.1. The number of amides is 1. The van der Waals surface area contributed by atoms with Crippen molar-refractivity contribution >= 4 is 22.4 Å². The summed E-state index contributed by atoms with van der Waals surface area (Å²) in [5.74, 6) is 0.769. The van der Waals surface area contributed by atoms with Crippen LogP contribution in [0.1, 0.15) is 15.9 Å². The lowest BCUT2D eigenvalue weighted by Crippen LogP contribution is -2.43. The van der Waals surface area contributed by atoms with Crippen molar-refractivity contribution in [1.82, 2.24) is 5.32 Å². The molecule has 0 unspecified atom stereocenters. The summed E-state index contributed by atoms with van der Waals surface area (Å²) in [5, 5.41) is 8.57. The third-order valence-corrected chi connectivity index (χ3v) is 4.00. The molecule has 0 aromatic heterocycles. The molecule has 2 aromatic rings. The molecule has 90 valence electrons. The van der Waals surface area contributed by atoms with Gasteiger partial charge >= 0.3 is 0 Å². The first-order chi connectivity index (χ1) is 8.83. The number of nitrogens with one attached hydrogen (secondary N) is 2. The molecule has 3 heteroatoms. The summed E-state index contributed by atoms with van der Waals surface area (Å²) in [5.41, 5.74) is 3.13. The number of carbonyl (C=O) groups is 1. The number of rotatable bonds is 2. The molecule has 2 aliphatic heterocycles. The number of hydrogen-bond donors (Lipinski definition) is 2. The van der Waals surface area contributed by atoms with E-state index in [9.17, 15) is 4.79 Å². The Morgan fingerprint density at radius 1 is 1.17 bits per heavy atom. The monoisotopic (exact) mass is 238 g/mol. The Kier molecular flexibility index (Phi) is 2.00. The van der Waals surface area contributed by atoms with Gasteiger partial charge in [0.15, 0.2) is 0 Å². The average molecular weight is 238 g/mol. The van der Waals surface area contributed by atoms with Crippen molar-refractivity contribution in [2.45, 2.75) is 6.42 Å². The van der Waals surface area contributed by atoms with Crippen molar-refractivity contribution in [1.29, 1.82) is 0 Å². The molecule has 3 nitrogen and oxygen atoms in total. The minimum absolute atomic E-state index is 0.0260. The lowest BCUT2D eigenvalue weighted by atomic mass is 9.90. The van der Waals surface area contributed by atoms with Crippen LogP contribution in [0.4, 0.5) is 5.69 Å². The van der Waals surface area contributed by atoms with Gasteiger partial charge in [-0.05, 0) is 48.5 Å². The van der Waals surface area contributed by atoms with Crippen molar-refractivity contribution in [3.8, 4) is 0 Å². The van der Waals surface area contributed by atoms with Crippen LogP contribution in [-0.2, 0) is 6.42 Å². The van der Waals surface area contributed by atoms with E-state index in [1.54, 1.807) is 0 Å². The van der Waals surface area contributed by atoms with Gasteiger partial charge in [0.1, 0.15) is 0 Å². The summed E-state index contributed by atoms with van der Waals surface area (Å²) < 4.78 is 0. The third kappa shape index (κ3) is 1.31. The normalized spacial score (nSPS) is 17.9. The molecule has 4 rings (SSSR count). The van der Waals surface area contributed by atoms with Crippen LogP contribution >= 0.6 is 0 Å². The highest BCUT2D eigenvalue weighted by atomic mass is 16.1. The van der Waals surface area contributed by atoms with Crippen molar-refractivity contribution in [3.05, 3.63) is 41.5 Å². The minimum Gasteiger partial charge on any atom is -0.321 e. The summed E-state index contributed by atoms with van der Waals surface area (Å²) in [6.07, 6.45) is 1.10. The van der Waals surface area contributed by atoms with Crippen molar-refractivity contribution in [2.75, 3.05) is 18.4 Å². The van der Waals surface area contributed by atoms with Crippen LogP contribution < -0.4 is 10.6 Å². The zero-order chi connectivity index (χ0) is 12.1. The first-order valence-corrected chi connectivity index (χ1v) is 6.39. The molecule has 1 saturated heterocycles.